The molecule has 0 unspecified atom stereocenters. The van der Waals surface area contributed by atoms with Crippen LogP contribution in [-0.4, -0.2) is 5.37 Å². The number of thiocarbonyl (C=S) groups is 1. The maximum atomic E-state index is 4.61. The molecule has 51 valence electrons. The molecular weight excluding hydrogens is 208 g/mol. The highest BCUT2D eigenvalue weighted by atomic mass is 79.9. The van der Waals surface area contributed by atoms with E-state index in [-0.39, 0.29) is 0 Å². The van der Waals surface area contributed by atoms with Crippen molar-refractivity contribution in [3.63, 3.8) is 0 Å². The third-order valence-corrected chi connectivity index (χ3v) is 1.80. The van der Waals surface area contributed by atoms with E-state index in [0.717, 1.165) is 10.9 Å². The van der Waals surface area contributed by atoms with Gasteiger partial charge in [-0.15, -0.1) is 0 Å². The lowest BCUT2D eigenvalue weighted by Gasteiger charge is -1.94. The van der Waals surface area contributed by atoms with E-state index < -0.39 is 0 Å². The molecule has 0 fully saturated rings. The molecule has 0 aliphatic carbocycles. The molecule has 0 saturated carbocycles. The van der Waals surface area contributed by atoms with Crippen molar-refractivity contribution in [3.05, 3.63) is 34.3 Å². The molecule has 2 heteroatoms. The van der Waals surface area contributed by atoms with Gasteiger partial charge in [0.2, 0.25) is 0 Å². The molecule has 0 nitrogen and oxygen atoms in total. The summed E-state index contributed by atoms with van der Waals surface area (Å²) in [7, 11) is 0. The first-order valence-corrected chi connectivity index (χ1v) is 4.12. The zero-order valence-electron chi connectivity index (χ0n) is 5.30. The molecule has 0 saturated heterocycles. The van der Waals surface area contributed by atoms with E-state index in [1.54, 1.807) is 0 Å². The van der Waals surface area contributed by atoms with Gasteiger partial charge in [-0.25, -0.2) is 0 Å². The predicted molar refractivity (Wildman–Crippen MR) is 50.4 cm³/mol. The quantitative estimate of drug-likeness (QED) is 0.682. The van der Waals surface area contributed by atoms with E-state index in [9.17, 15) is 0 Å². The summed E-state index contributed by atoms with van der Waals surface area (Å²) in [6, 6.07) is 8.06. The fourth-order valence-corrected chi connectivity index (χ4v) is 1.34. The molecule has 0 aliphatic rings. The van der Waals surface area contributed by atoms with Gasteiger partial charge in [0.25, 0.3) is 0 Å². The molecule has 1 aromatic carbocycles. The van der Waals surface area contributed by atoms with Crippen molar-refractivity contribution in [2.45, 2.75) is 6.42 Å². The Labute approximate surface area is 74.4 Å². The number of rotatable bonds is 2. The minimum absolute atomic E-state index is 0.745. The summed E-state index contributed by atoms with van der Waals surface area (Å²) in [5.41, 5.74) is 1.20. The molecule has 1 rings (SSSR count). The lowest BCUT2D eigenvalue weighted by molar-refractivity contribution is 1.37. The van der Waals surface area contributed by atoms with Crippen molar-refractivity contribution in [1.29, 1.82) is 0 Å². The average molecular weight is 214 g/mol. The number of benzene rings is 1. The van der Waals surface area contributed by atoms with Gasteiger partial charge in [0, 0.05) is 16.3 Å². The minimum Gasteiger partial charge on any atom is -0.0833 e. The zero-order valence-corrected chi connectivity index (χ0v) is 7.71. The Morgan fingerprint density at radius 3 is 2.90 bits per heavy atom. The predicted octanol–water partition coefficient (Wildman–Crippen LogP) is 2.87. The highest BCUT2D eigenvalue weighted by Gasteiger charge is 1.89. The zero-order chi connectivity index (χ0) is 7.40. The molecule has 0 atom stereocenters. The lowest BCUT2D eigenvalue weighted by atomic mass is 10.2. The van der Waals surface area contributed by atoms with Crippen LogP contribution in [-0.2, 0) is 6.42 Å². The molecule has 0 aromatic heterocycles. The standard InChI is InChI=1S/C8H6BrS/c9-8-3-1-2-7(6-8)4-5-10/h1-3,6H,4H2. The Morgan fingerprint density at radius 2 is 2.30 bits per heavy atom. The van der Waals surface area contributed by atoms with Gasteiger partial charge in [0.1, 0.15) is 0 Å². The molecule has 0 N–H and O–H groups in total. The monoisotopic (exact) mass is 213 g/mol. The SMILES string of the molecule is S=[C]Cc1cccc(Br)c1. The number of hydrogen-bond donors (Lipinski definition) is 0. The highest BCUT2D eigenvalue weighted by Crippen LogP contribution is 2.11. The van der Waals surface area contributed by atoms with Crippen LogP contribution in [0.1, 0.15) is 5.56 Å². The summed E-state index contributed by atoms with van der Waals surface area (Å²) in [6.07, 6.45) is 0.745. The summed E-state index contributed by atoms with van der Waals surface area (Å²) >= 11 is 7.98. The first-order valence-electron chi connectivity index (χ1n) is 2.92. The first-order chi connectivity index (χ1) is 4.83. The van der Waals surface area contributed by atoms with Crippen molar-refractivity contribution in [3.8, 4) is 0 Å². The van der Waals surface area contributed by atoms with E-state index in [1.165, 1.54) is 5.56 Å². The van der Waals surface area contributed by atoms with Gasteiger partial charge in [0.05, 0.1) is 0 Å². The molecule has 0 spiro atoms. The summed E-state index contributed by atoms with van der Waals surface area (Å²) < 4.78 is 1.09. The summed E-state index contributed by atoms with van der Waals surface area (Å²) in [4.78, 5) is 0. The van der Waals surface area contributed by atoms with E-state index in [4.69, 9.17) is 0 Å². The molecule has 10 heavy (non-hydrogen) atoms. The van der Waals surface area contributed by atoms with Gasteiger partial charge < -0.3 is 0 Å². The molecule has 1 aromatic rings. The van der Waals surface area contributed by atoms with Crippen molar-refractivity contribution >= 4 is 33.5 Å². The van der Waals surface area contributed by atoms with E-state index in [1.807, 2.05) is 24.3 Å². The third kappa shape index (κ3) is 2.20. The molecule has 0 heterocycles. The maximum Gasteiger partial charge on any atom is 0.0338 e. The van der Waals surface area contributed by atoms with Gasteiger partial charge in [-0.1, -0.05) is 40.3 Å². The maximum absolute atomic E-state index is 4.61. The Hall–Kier alpha value is -0.210. The van der Waals surface area contributed by atoms with Crippen LogP contribution in [0.15, 0.2) is 28.7 Å². The van der Waals surface area contributed by atoms with Crippen LogP contribution in [0.25, 0.3) is 0 Å². The van der Waals surface area contributed by atoms with Crippen LogP contribution in [0.2, 0.25) is 0 Å². The molecule has 0 aliphatic heterocycles. The second-order valence-electron chi connectivity index (χ2n) is 1.95. The van der Waals surface area contributed by atoms with Crippen LogP contribution < -0.4 is 0 Å². The van der Waals surface area contributed by atoms with Gasteiger partial charge in [-0.05, 0) is 17.7 Å². The van der Waals surface area contributed by atoms with Crippen molar-refractivity contribution in [1.82, 2.24) is 0 Å². The molecule has 1 radical (unpaired) electrons. The van der Waals surface area contributed by atoms with Crippen LogP contribution in [0.4, 0.5) is 0 Å². The normalized spacial score (nSPS) is 9.30. The van der Waals surface area contributed by atoms with Gasteiger partial charge in [0.15, 0.2) is 0 Å². The Morgan fingerprint density at radius 1 is 1.50 bits per heavy atom. The fraction of sp³-hybridized carbons (Fsp3) is 0.125. The van der Waals surface area contributed by atoms with E-state index in [0.29, 0.717) is 0 Å². The molecule has 0 amide bonds. The summed E-state index contributed by atoms with van der Waals surface area (Å²) in [6.45, 7) is 0. The molecular formula is C8H6BrS. The van der Waals surface area contributed by atoms with Crippen LogP contribution in [0.3, 0.4) is 0 Å². The van der Waals surface area contributed by atoms with Gasteiger partial charge >= 0.3 is 0 Å². The van der Waals surface area contributed by atoms with Crippen LogP contribution in [0, 0.1) is 0 Å². The fourth-order valence-electron chi connectivity index (χ4n) is 0.730. The van der Waals surface area contributed by atoms with Crippen molar-refractivity contribution < 1.29 is 0 Å². The largest absolute Gasteiger partial charge is 0.0833 e. The van der Waals surface area contributed by atoms with E-state index in [2.05, 4.69) is 33.5 Å². The highest BCUT2D eigenvalue weighted by molar-refractivity contribution is 9.10. The Kier molecular flexibility index (Phi) is 3.03. The van der Waals surface area contributed by atoms with Gasteiger partial charge in [-0.3, -0.25) is 0 Å². The smallest absolute Gasteiger partial charge is 0.0338 e. The molecule has 0 bridgehead atoms. The summed E-state index contributed by atoms with van der Waals surface area (Å²) in [5.74, 6) is 0. The third-order valence-electron chi connectivity index (χ3n) is 1.17. The van der Waals surface area contributed by atoms with Crippen molar-refractivity contribution in [2.75, 3.05) is 0 Å². The lowest BCUT2D eigenvalue weighted by Crippen LogP contribution is -1.82. The average Bonchev–Trinajstić information content (AvgIpc) is 1.88. The van der Waals surface area contributed by atoms with E-state index >= 15 is 0 Å². The Balaban J connectivity index is 2.84. The van der Waals surface area contributed by atoms with Crippen LogP contribution in [0.5, 0.6) is 0 Å². The Bertz CT molecular complexity index is 232. The van der Waals surface area contributed by atoms with Gasteiger partial charge in [-0.2, -0.15) is 0 Å². The topological polar surface area (TPSA) is 0 Å². The number of halogens is 1. The minimum atomic E-state index is 0.745. The summed E-state index contributed by atoms with van der Waals surface area (Å²) in [5, 5.41) is 2.67. The second-order valence-corrected chi connectivity index (χ2v) is 3.16. The van der Waals surface area contributed by atoms with Crippen molar-refractivity contribution in [2.24, 2.45) is 0 Å². The first kappa shape index (κ1) is 7.89. The number of hydrogen-bond acceptors (Lipinski definition) is 1. The second kappa shape index (κ2) is 3.84. The van der Waals surface area contributed by atoms with Crippen LogP contribution >= 0.6 is 28.1 Å².